The quantitative estimate of drug-likeness (QED) is 0.312. The van der Waals surface area contributed by atoms with Crippen molar-refractivity contribution >= 4 is 29.7 Å². The van der Waals surface area contributed by atoms with Crippen molar-refractivity contribution in [1.29, 1.82) is 0 Å². The van der Waals surface area contributed by atoms with Crippen molar-refractivity contribution in [2.75, 3.05) is 6.61 Å². The molecule has 180 valence electrons. The molecule has 2 N–H and O–H groups in total. The number of hydrogen-bond donors (Lipinski definition) is 2. The Morgan fingerprint density at radius 2 is 1.61 bits per heavy atom. The molecule has 2 rings (SSSR count). The molecule has 1 unspecified atom stereocenters. The van der Waals surface area contributed by atoms with Crippen molar-refractivity contribution in [3.63, 3.8) is 0 Å². The van der Waals surface area contributed by atoms with Crippen LogP contribution in [0.3, 0.4) is 0 Å². The van der Waals surface area contributed by atoms with Gasteiger partial charge in [0.25, 0.3) is 0 Å². The lowest BCUT2D eigenvalue weighted by Gasteiger charge is -2.18. The van der Waals surface area contributed by atoms with Crippen LogP contribution in [0.4, 0.5) is 4.79 Å². The summed E-state index contributed by atoms with van der Waals surface area (Å²) in [6.45, 7) is 8.02. The van der Waals surface area contributed by atoms with Gasteiger partial charge in [0, 0.05) is 10.6 Å². The van der Waals surface area contributed by atoms with Crippen molar-refractivity contribution in [2.24, 2.45) is 5.92 Å². The van der Waals surface area contributed by atoms with Gasteiger partial charge in [-0.05, 0) is 61.6 Å². The first-order valence-corrected chi connectivity index (χ1v) is 11.2. The van der Waals surface area contributed by atoms with Crippen LogP contribution in [0, 0.1) is 5.92 Å². The van der Waals surface area contributed by atoms with E-state index in [2.05, 4.69) is 0 Å². The van der Waals surface area contributed by atoms with Crippen molar-refractivity contribution in [3.8, 4) is 5.75 Å². The van der Waals surface area contributed by atoms with Crippen LogP contribution >= 0.6 is 11.6 Å². The highest BCUT2D eigenvalue weighted by molar-refractivity contribution is 6.30. The van der Waals surface area contributed by atoms with Gasteiger partial charge < -0.3 is 19.7 Å². The zero-order valence-corrected chi connectivity index (χ0v) is 20.1. The predicted molar refractivity (Wildman–Crippen MR) is 127 cm³/mol. The van der Waals surface area contributed by atoms with E-state index >= 15 is 0 Å². The van der Waals surface area contributed by atoms with Crippen LogP contribution in [0.1, 0.15) is 72.4 Å². The van der Waals surface area contributed by atoms with E-state index < -0.39 is 18.1 Å². The lowest BCUT2D eigenvalue weighted by atomic mass is 9.91. The average Bonchev–Trinajstić information content (AvgIpc) is 2.76. The first kappa shape index (κ1) is 28.0. The standard InChI is InChI=1S/C18H26O5.C7H5ClO2/c1-5-8-13-9-10-14(17(19)20)15(11-12(4)6-2)16(13)23-18(21)22-7-3;8-6-3-1-5(2-4-6)7(9)10/h9-10,12H,5-8,11H2,1-4H3,(H,19,20);1-4H,(H,9,10). The number of carbonyl (C=O) groups is 3. The van der Waals surface area contributed by atoms with E-state index in [0.717, 1.165) is 18.4 Å². The molecule has 2 aromatic rings. The van der Waals surface area contributed by atoms with E-state index in [0.29, 0.717) is 29.2 Å². The number of rotatable bonds is 9. The maximum absolute atomic E-state index is 11.8. The van der Waals surface area contributed by atoms with Gasteiger partial charge in [-0.2, -0.15) is 0 Å². The number of aromatic carboxylic acids is 2. The molecule has 0 amide bonds. The van der Waals surface area contributed by atoms with Crippen molar-refractivity contribution < 1.29 is 34.1 Å². The average molecular weight is 479 g/mol. The van der Waals surface area contributed by atoms with Crippen molar-refractivity contribution in [3.05, 3.63) is 63.7 Å². The van der Waals surface area contributed by atoms with E-state index in [-0.39, 0.29) is 23.7 Å². The lowest BCUT2D eigenvalue weighted by Crippen LogP contribution is -2.16. The highest BCUT2D eigenvalue weighted by atomic mass is 35.5. The number of aryl methyl sites for hydroxylation is 1. The Hall–Kier alpha value is -3.06. The highest BCUT2D eigenvalue weighted by Gasteiger charge is 2.22. The largest absolute Gasteiger partial charge is 0.513 e. The van der Waals surface area contributed by atoms with E-state index in [1.807, 2.05) is 20.8 Å². The molecule has 33 heavy (non-hydrogen) atoms. The molecule has 0 heterocycles. The Bertz CT molecular complexity index is 939. The van der Waals surface area contributed by atoms with E-state index in [1.54, 1.807) is 31.2 Å². The number of ether oxygens (including phenoxy) is 2. The minimum atomic E-state index is -1.01. The molecule has 0 aliphatic heterocycles. The Balaban J connectivity index is 0.000000451. The summed E-state index contributed by atoms with van der Waals surface area (Å²) in [6, 6.07) is 9.34. The molecule has 0 bridgehead atoms. The summed E-state index contributed by atoms with van der Waals surface area (Å²) in [5, 5.41) is 18.4. The van der Waals surface area contributed by atoms with Crippen LogP contribution in [0.25, 0.3) is 0 Å². The number of benzene rings is 2. The lowest BCUT2D eigenvalue weighted by molar-refractivity contribution is 0.0684. The van der Waals surface area contributed by atoms with E-state index in [1.165, 1.54) is 12.1 Å². The smallest absolute Gasteiger partial charge is 0.478 e. The molecule has 0 radical (unpaired) electrons. The Morgan fingerprint density at radius 3 is 2.09 bits per heavy atom. The van der Waals surface area contributed by atoms with Crippen LogP contribution in [-0.2, 0) is 17.6 Å². The van der Waals surface area contributed by atoms with Gasteiger partial charge in [-0.15, -0.1) is 0 Å². The Morgan fingerprint density at radius 1 is 0.970 bits per heavy atom. The SMILES string of the molecule is CCCc1ccc(C(=O)O)c(CC(C)CC)c1OC(=O)OCC.O=C(O)c1ccc(Cl)cc1. The Labute approximate surface area is 199 Å². The van der Waals surface area contributed by atoms with Gasteiger partial charge in [0.15, 0.2) is 0 Å². The number of carbonyl (C=O) groups excluding carboxylic acids is 1. The van der Waals surface area contributed by atoms with Crippen LogP contribution in [0.5, 0.6) is 5.75 Å². The minimum Gasteiger partial charge on any atom is -0.478 e. The number of halogens is 1. The molecule has 0 aliphatic carbocycles. The molecular weight excluding hydrogens is 448 g/mol. The first-order chi connectivity index (χ1) is 15.6. The fourth-order valence-electron chi connectivity index (χ4n) is 2.99. The number of carboxylic acids is 2. The zero-order chi connectivity index (χ0) is 25.0. The van der Waals surface area contributed by atoms with Crippen LogP contribution in [0.15, 0.2) is 36.4 Å². The maximum Gasteiger partial charge on any atom is 0.513 e. The molecule has 0 saturated heterocycles. The first-order valence-electron chi connectivity index (χ1n) is 10.9. The summed E-state index contributed by atoms with van der Waals surface area (Å²) in [4.78, 5) is 33.6. The molecular formula is C25H31ClO7. The second-order valence-corrected chi connectivity index (χ2v) is 7.89. The summed E-state index contributed by atoms with van der Waals surface area (Å²) < 4.78 is 10.2. The summed E-state index contributed by atoms with van der Waals surface area (Å²) >= 11 is 5.52. The van der Waals surface area contributed by atoms with Gasteiger partial charge >= 0.3 is 18.1 Å². The summed E-state index contributed by atoms with van der Waals surface area (Å²) in [7, 11) is 0. The van der Waals surface area contributed by atoms with Gasteiger partial charge in [-0.25, -0.2) is 14.4 Å². The predicted octanol–water partition coefficient (Wildman–Crippen LogP) is 6.50. The second kappa shape index (κ2) is 14.2. The van der Waals surface area contributed by atoms with Crippen molar-refractivity contribution in [2.45, 2.75) is 53.4 Å². The number of carboxylic acid groups (broad SMARTS) is 2. The fraction of sp³-hybridized carbons (Fsp3) is 0.400. The fourth-order valence-corrected chi connectivity index (χ4v) is 3.11. The summed E-state index contributed by atoms with van der Waals surface area (Å²) in [5.41, 5.74) is 1.85. The zero-order valence-electron chi connectivity index (χ0n) is 19.4. The van der Waals surface area contributed by atoms with Crippen LogP contribution < -0.4 is 4.74 Å². The molecule has 0 aliphatic rings. The van der Waals surface area contributed by atoms with Crippen molar-refractivity contribution in [1.82, 2.24) is 0 Å². The highest BCUT2D eigenvalue weighted by Crippen LogP contribution is 2.32. The third kappa shape index (κ3) is 9.14. The maximum atomic E-state index is 11.8. The third-order valence-corrected chi connectivity index (χ3v) is 5.13. The topological polar surface area (TPSA) is 110 Å². The molecule has 8 heteroatoms. The van der Waals surface area contributed by atoms with Gasteiger partial charge in [-0.3, -0.25) is 0 Å². The minimum absolute atomic E-state index is 0.185. The molecule has 1 atom stereocenters. The van der Waals surface area contributed by atoms with Gasteiger partial charge in [0.05, 0.1) is 17.7 Å². The Kier molecular flexibility index (Phi) is 12.0. The van der Waals surface area contributed by atoms with E-state index in [4.69, 9.17) is 26.2 Å². The molecule has 0 spiro atoms. The molecule has 0 saturated carbocycles. The van der Waals surface area contributed by atoms with Crippen LogP contribution in [-0.4, -0.2) is 34.9 Å². The van der Waals surface area contributed by atoms with Gasteiger partial charge in [-0.1, -0.05) is 51.3 Å². The molecule has 0 aromatic heterocycles. The second-order valence-electron chi connectivity index (χ2n) is 7.45. The summed E-state index contributed by atoms with van der Waals surface area (Å²) in [5.74, 6) is -1.31. The summed E-state index contributed by atoms with van der Waals surface area (Å²) in [6.07, 6.45) is 2.24. The van der Waals surface area contributed by atoms with Crippen LogP contribution in [0.2, 0.25) is 5.02 Å². The monoisotopic (exact) mass is 478 g/mol. The van der Waals surface area contributed by atoms with Gasteiger partial charge in [0.2, 0.25) is 0 Å². The number of hydrogen-bond acceptors (Lipinski definition) is 5. The molecule has 7 nitrogen and oxygen atoms in total. The van der Waals surface area contributed by atoms with Gasteiger partial charge in [0.1, 0.15) is 5.75 Å². The third-order valence-electron chi connectivity index (χ3n) is 4.88. The molecule has 0 fully saturated rings. The molecule has 2 aromatic carbocycles. The normalized spacial score (nSPS) is 11.1. The van der Waals surface area contributed by atoms with E-state index in [9.17, 15) is 19.5 Å².